The van der Waals surface area contributed by atoms with Crippen molar-refractivity contribution in [3.63, 3.8) is 0 Å². The summed E-state index contributed by atoms with van der Waals surface area (Å²) in [6.07, 6.45) is 2.05. The molecule has 2 aromatic rings. The fourth-order valence-electron chi connectivity index (χ4n) is 2.58. The Hall–Kier alpha value is -2.87. The Morgan fingerprint density at radius 2 is 1.86 bits per heavy atom. The number of benzene rings is 1. The predicted octanol–water partition coefficient (Wildman–Crippen LogP) is 3.36. The molecule has 1 aromatic heterocycles. The molecule has 0 spiro atoms. The molecule has 1 aliphatic carbocycles. The second kappa shape index (κ2) is 9.36. The monoisotopic (exact) mass is 403 g/mol. The molecule has 0 atom stereocenters. The normalized spacial score (nSPS) is 12.9. The van der Waals surface area contributed by atoms with Crippen LogP contribution < -0.4 is 10.1 Å². The van der Waals surface area contributed by atoms with Gasteiger partial charge in [0.25, 0.3) is 5.91 Å². The molecule has 1 aromatic carbocycles. The van der Waals surface area contributed by atoms with Crippen molar-refractivity contribution in [3.8, 4) is 5.75 Å². The van der Waals surface area contributed by atoms with Crippen LogP contribution in [0.5, 0.6) is 5.75 Å². The van der Waals surface area contributed by atoms with E-state index in [1.54, 1.807) is 31.2 Å². The summed E-state index contributed by atoms with van der Waals surface area (Å²) in [6, 6.07) is 8.83. The zero-order valence-corrected chi connectivity index (χ0v) is 16.3. The highest BCUT2D eigenvalue weighted by molar-refractivity contribution is 7.15. The van der Waals surface area contributed by atoms with Gasteiger partial charge >= 0.3 is 11.9 Å². The van der Waals surface area contributed by atoms with Crippen molar-refractivity contribution in [2.75, 3.05) is 25.1 Å². The second-order valence-electron chi connectivity index (χ2n) is 6.20. The molecule has 1 heterocycles. The van der Waals surface area contributed by atoms with E-state index < -0.39 is 24.5 Å². The minimum atomic E-state index is -0.658. The van der Waals surface area contributed by atoms with Crippen molar-refractivity contribution < 1.29 is 28.6 Å². The van der Waals surface area contributed by atoms with Crippen LogP contribution in [0.2, 0.25) is 0 Å². The van der Waals surface area contributed by atoms with E-state index in [9.17, 15) is 14.4 Å². The smallest absolute Gasteiger partial charge is 0.344 e. The third-order valence-corrected chi connectivity index (χ3v) is 4.95. The average molecular weight is 403 g/mol. The Labute approximate surface area is 166 Å². The van der Waals surface area contributed by atoms with E-state index in [1.165, 1.54) is 11.3 Å². The Morgan fingerprint density at radius 3 is 2.54 bits per heavy atom. The third kappa shape index (κ3) is 5.32. The van der Waals surface area contributed by atoms with Gasteiger partial charge in [0.1, 0.15) is 10.8 Å². The fraction of sp³-hybridized carbons (Fsp3) is 0.350. The molecule has 1 saturated carbocycles. The largest absolute Gasteiger partial charge is 0.482 e. The number of carbonyl (C=O) groups excluding carboxylic acids is 3. The minimum absolute atomic E-state index is 0.255. The molecule has 1 aliphatic rings. The maximum atomic E-state index is 12.3. The summed E-state index contributed by atoms with van der Waals surface area (Å²) in [5, 5.41) is 4.94. The molecule has 0 bridgehead atoms. The van der Waals surface area contributed by atoms with Gasteiger partial charge in [0.2, 0.25) is 0 Å². The molecule has 3 rings (SSSR count). The first-order valence-electron chi connectivity index (χ1n) is 9.00. The highest BCUT2D eigenvalue weighted by atomic mass is 32.1. The lowest BCUT2D eigenvalue weighted by Crippen LogP contribution is -2.24. The van der Waals surface area contributed by atoms with E-state index in [0.29, 0.717) is 22.2 Å². The Kier molecular flexibility index (Phi) is 6.65. The number of amides is 1. The molecule has 1 amide bonds. The molecule has 148 valence electrons. The number of thiophene rings is 1. The van der Waals surface area contributed by atoms with Gasteiger partial charge in [0, 0.05) is 0 Å². The lowest BCUT2D eigenvalue weighted by Gasteiger charge is -2.09. The van der Waals surface area contributed by atoms with Gasteiger partial charge in [0.15, 0.2) is 13.2 Å². The molecule has 0 radical (unpaired) electrons. The predicted molar refractivity (Wildman–Crippen MR) is 104 cm³/mol. The summed E-state index contributed by atoms with van der Waals surface area (Å²) in [6.45, 7) is 1.23. The van der Waals surface area contributed by atoms with Crippen LogP contribution in [0.25, 0.3) is 0 Å². The van der Waals surface area contributed by atoms with Gasteiger partial charge in [-0.15, -0.1) is 11.3 Å². The summed E-state index contributed by atoms with van der Waals surface area (Å²) in [5.74, 6) is -0.755. The van der Waals surface area contributed by atoms with E-state index in [0.717, 1.165) is 18.4 Å². The quantitative estimate of drug-likeness (QED) is 0.646. The van der Waals surface area contributed by atoms with Crippen LogP contribution in [-0.2, 0) is 19.1 Å². The molecule has 28 heavy (non-hydrogen) atoms. The number of anilines is 1. The first-order valence-corrected chi connectivity index (χ1v) is 9.88. The van der Waals surface area contributed by atoms with Gasteiger partial charge in [-0.3, -0.25) is 4.79 Å². The molecular formula is C20H21NO6S. The summed E-state index contributed by atoms with van der Waals surface area (Å²) in [4.78, 5) is 36.2. The van der Waals surface area contributed by atoms with Crippen molar-refractivity contribution >= 4 is 34.2 Å². The zero-order valence-electron chi connectivity index (χ0n) is 15.4. The van der Waals surface area contributed by atoms with Crippen molar-refractivity contribution in [1.29, 1.82) is 0 Å². The first kappa shape index (κ1) is 19.9. The van der Waals surface area contributed by atoms with Gasteiger partial charge in [-0.1, -0.05) is 18.2 Å². The summed E-state index contributed by atoms with van der Waals surface area (Å²) >= 11 is 1.27. The van der Waals surface area contributed by atoms with Crippen LogP contribution in [0, 0.1) is 0 Å². The average Bonchev–Trinajstić information content (AvgIpc) is 3.46. The van der Waals surface area contributed by atoms with Gasteiger partial charge in [-0.05, 0) is 48.8 Å². The SMILES string of the molecule is CCOC(=O)c1c(C2CC2)csc1NC(=O)COC(=O)COc1ccccc1. The molecular weight excluding hydrogens is 382 g/mol. The zero-order chi connectivity index (χ0) is 19.9. The number of para-hydroxylation sites is 1. The highest BCUT2D eigenvalue weighted by Gasteiger charge is 2.32. The van der Waals surface area contributed by atoms with E-state index in [1.807, 2.05) is 11.4 Å². The summed E-state index contributed by atoms with van der Waals surface area (Å²) in [7, 11) is 0. The number of esters is 2. The number of hydrogen-bond donors (Lipinski definition) is 1. The van der Waals surface area contributed by atoms with E-state index in [2.05, 4.69) is 5.32 Å². The van der Waals surface area contributed by atoms with Crippen molar-refractivity contribution in [1.82, 2.24) is 0 Å². The lowest BCUT2D eigenvalue weighted by molar-refractivity contribution is -0.149. The number of carbonyl (C=O) groups is 3. The van der Waals surface area contributed by atoms with Gasteiger partial charge < -0.3 is 19.5 Å². The number of ether oxygens (including phenoxy) is 3. The van der Waals surface area contributed by atoms with Crippen LogP contribution in [-0.4, -0.2) is 37.7 Å². The van der Waals surface area contributed by atoms with E-state index >= 15 is 0 Å². The van der Waals surface area contributed by atoms with Crippen molar-refractivity contribution in [3.05, 3.63) is 46.8 Å². The Morgan fingerprint density at radius 1 is 1.11 bits per heavy atom. The van der Waals surface area contributed by atoms with Crippen LogP contribution >= 0.6 is 11.3 Å². The molecule has 0 aliphatic heterocycles. The van der Waals surface area contributed by atoms with Crippen molar-refractivity contribution in [2.24, 2.45) is 0 Å². The summed E-state index contributed by atoms with van der Waals surface area (Å²) < 4.78 is 15.3. The van der Waals surface area contributed by atoms with Crippen LogP contribution in [0.3, 0.4) is 0 Å². The van der Waals surface area contributed by atoms with Gasteiger partial charge in [-0.25, -0.2) is 9.59 Å². The minimum Gasteiger partial charge on any atom is -0.482 e. The van der Waals surface area contributed by atoms with Crippen LogP contribution in [0.4, 0.5) is 5.00 Å². The van der Waals surface area contributed by atoms with E-state index in [-0.39, 0.29) is 13.2 Å². The Bertz CT molecular complexity index is 844. The first-order chi connectivity index (χ1) is 13.6. The number of rotatable bonds is 9. The molecule has 8 heteroatoms. The molecule has 1 fully saturated rings. The Balaban J connectivity index is 1.52. The topological polar surface area (TPSA) is 90.9 Å². The van der Waals surface area contributed by atoms with E-state index in [4.69, 9.17) is 14.2 Å². The maximum absolute atomic E-state index is 12.3. The second-order valence-corrected chi connectivity index (χ2v) is 7.08. The third-order valence-electron chi connectivity index (χ3n) is 4.03. The standard InChI is InChI=1S/C20H21NO6S/c1-2-25-20(24)18-15(13-8-9-13)12-28-19(18)21-16(22)10-27-17(23)11-26-14-6-4-3-5-7-14/h3-7,12-13H,2,8-11H2,1H3,(H,21,22). The van der Waals surface area contributed by atoms with Gasteiger partial charge in [-0.2, -0.15) is 0 Å². The van der Waals surface area contributed by atoms with Crippen LogP contribution in [0.1, 0.15) is 41.6 Å². The summed E-state index contributed by atoms with van der Waals surface area (Å²) in [5.41, 5.74) is 1.31. The molecule has 0 saturated heterocycles. The number of nitrogens with one attached hydrogen (secondary N) is 1. The molecule has 1 N–H and O–H groups in total. The maximum Gasteiger partial charge on any atom is 0.344 e. The van der Waals surface area contributed by atoms with Crippen molar-refractivity contribution in [2.45, 2.75) is 25.7 Å². The number of hydrogen-bond acceptors (Lipinski definition) is 7. The van der Waals surface area contributed by atoms with Gasteiger partial charge in [0.05, 0.1) is 12.2 Å². The van der Waals surface area contributed by atoms with Crippen LogP contribution in [0.15, 0.2) is 35.7 Å². The lowest BCUT2D eigenvalue weighted by atomic mass is 10.1. The molecule has 7 nitrogen and oxygen atoms in total. The molecule has 0 unspecified atom stereocenters. The fourth-order valence-corrected chi connectivity index (χ4v) is 3.63. The highest BCUT2D eigenvalue weighted by Crippen LogP contribution is 2.46.